The average Bonchev–Trinajstić information content (AvgIpc) is 2.41. The summed E-state index contributed by atoms with van der Waals surface area (Å²) in [7, 11) is 1.91. The monoisotopic (exact) mass is 238 g/mol. The van der Waals surface area contributed by atoms with E-state index >= 15 is 0 Å². The molecule has 0 saturated heterocycles. The molecule has 0 bridgehead atoms. The molecule has 0 saturated carbocycles. The van der Waals surface area contributed by atoms with E-state index in [1.54, 1.807) is 12.3 Å². The van der Waals surface area contributed by atoms with E-state index in [0.717, 1.165) is 22.9 Å². The summed E-state index contributed by atoms with van der Waals surface area (Å²) in [4.78, 5) is 10.7. The van der Waals surface area contributed by atoms with Crippen LogP contribution in [0.4, 0.5) is 11.5 Å². The molecular weight excluding hydrogens is 224 g/mol. The molecule has 2 rings (SSSR count). The van der Waals surface area contributed by atoms with Crippen molar-refractivity contribution in [2.24, 2.45) is 0 Å². The van der Waals surface area contributed by atoms with Gasteiger partial charge in [0.05, 0.1) is 29.2 Å². The van der Waals surface area contributed by atoms with Crippen molar-refractivity contribution in [1.29, 1.82) is 5.26 Å². The molecule has 1 aromatic carbocycles. The molecule has 2 aromatic rings. The first kappa shape index (κ1) is 12.1. The maximum Gasteiger partial charge on any atom is 0.151 e. The van der Waals surface area contributed by atoms with Crippen LogP contribution in [-0.2, 0) is 0 Å². The van der Waals surface area contributed by atoms with Crippen LogP contribution in [0, 0.1) is 25.2 Å². The largest absolute Gasteiger partial charge is 0.328 e. The van der Waals surface area contributed by atoms with Crippen molar-refractivity contribution in [2.75, 3.05) is 11.9 Å². The zero-order chi connectivity index (χ0) is 13.1. The Morgan fingerprint density at radius 3 is 2.67 bits per heavy atom. The molecule has 90 valence electrons. The molecule has 0 spiro atoms. The summed E-state index contributed by atoms with van der Waals surface area (Å²) in [5.74, 6) is 0.771. The molecule has 0 radical (unpaired) electrons. The Morgan fingerprint density at radius 1 is 1.22 bits per heavy atom. The number of hydrogen-bond donors (Lipinski definition) is 0. The van der Waals surface area contributed by atoms with Crippen molar-refractivity contribution in [2.45, 2.75) is 13.8 Å². The van der Waals surface area contributed by atoms with Crippen molar-refractivity contribution >= 4 is 11.5 Å². The summed E-state index contributed by atoms with van der Waals surface area (Å²) in [5, 5.41) is 8.90. The van der Waals surface area contributed by atoms with Gasteiger partial charge < -0.3 is 4.90 Å². The standard InChI is InChI=1S/C14H14N4/c1-10-11(2)17-14(9-16-10)18(3)13-6-4-5-12(7-13)8-15/h4-7,9H,1-3H3. The third-order valence-corrected chi connectivity index (χ3v) is 2.89. The fourth-order valence-corrected chi connectivity index (χ4v) is 1.61. The Hall–Kier alpha value is -2.41. The van der Waals surface area contributed by atoms with Gasteiger partial charge in [-0.1, -0.05) is 6.07 Å². The Bertz CT molecular complexity index is 613. The van der Waals surface area contributed by atoms with Gasteiger partial charge >= 0.3 is 0 Å². The maximum absolute atomic E-state index is 8.90. The van der Waals surface area contributed by atoms with Crippen LogP contribution >= 0.6 is 0 Å². The van der Waals surface area contributed by atoms with E-state index in [9.17, 15) is 0 Å². The van der Waals surface area contributed by atoms with E-state index in [0.29, 0.717) is 5.56 Å². The molecule has 0 aliphatic rings. The van der Waals surface area contributed by atoms with Gasteiger partial charge in [0.2, 0.25) is 0 Å². The normalized spacial score (nSPS) is 9.89. The number of aromatic nitrogens is 2. The Morgan fingerprint density at radius 2 is 2.00 bits per heavy atom. The van der Waals surface area contributed by atoms with Crippen LogP contribution in [0.25, 0.3) is 0 Å². The Labute approximate surface area is 107 Å². The predicted octanol–water partition coefficient (Wildman–Crippen LogP) is 2.73. The first-order valence-electron chi connectivity index (χ1n) is 5.66. The van der Waals surface area contributed by atoms with E-state index in [4.69, 9.17) is 5.26 Å². The minimum Gasteiger partial charge on any atom is -0.328 e. The fraction of sp³-hybridized carbons (Fsp3) is 0.214. The lowest BCUT2D eigenvalue weighted by molar-refractivity contribution is 1.01. The summed E-state index contributed by atoms with van der Waals surface area (Å²) in [6.07, 6.45) is 1.74. The SMILES string of the molecule is Cc1ncc(N(C)c2cccc(C#N)c2)nc1C. The quantitative estimate of drug-likeness (QED) is 0.807. The second-order valence-corrected chi connectivity index (χ2v) is 4.12. The third kappa shape index (κ3) is 2.30. The summed E-state index contributed by atoms with van der Waals surface area (Å²) in [6.45, 7) is 3.87. The van der Waals surface area contributed by atoms with Crippen LogP contribution in [0.15, 0.2) is 30.5 Å². The van der Waals surface area contributed by atoms with Crippen molar-refractivity contribution in [3.63, 3.8) is 0 Å². The van der Waals surface area contributed by atoms with Crippen molar-refractivity contribution in [3.8, 4) is 6.07 Å². The first-order valence-corrected chi connectivity index (χ1v) is 5.66. The summed E-state index contributed by atoms with van der Waals surface area (Å²) < 4.78 is 0. The zero-order valence-electron chi connectivity index (χ0n) is 10.7. The average molecular weight is 238 g/mol. The van der Waals surface area contributed by atoms with Gasteiger partial charge in [-0.05, 0) is 32.0 Å². The van der Waals surface area contributed by atoms with Crippen LogP contribution in [0.2, 0.25) is 0 Å². The topological polar surface area (TPSA) is 52.8 Å². The Balaban J connectivity index is 2.38. The summed E-state index contributed by atoms with van der Waals surface area (Å²) in [6, 6.07) is 9.55. The summed E-state index contributed by atoms with van der Waals surface area (Å²) >= 11 is 0. The van der Waals surface area contributed by atoms with E-state index in [1.165, 1.54) is 0 Å². The number of hydrogen-bond acceptors (Lipinski definition) is 4. The van der Waals surface area contributed by atoms with Crippen LogP contribution in [0.3, 0.4) is 0 Å². The molecule has 1 aromatic heterocycles. The lowest BCUT2D eigenvalue weighted by Gasteiger charge is -2.18. The highest BCUT2D eigenvalue weighted by Gasteiger charge is 2.07. The molecule has 0 N–H and O–H groups in total. The van der Waals surface area contributed by atoms with E-state index in [2.05, 4.69) is 16.0 Å². The second kappa shape index (κ2) is 4.84. The number of anilines is 2. The second-order valence-electron chi connectivity index (χ2n) is 4.12. The highest BCUT2D eigenvalue weighted by atomic mass is 15.2. The molecule has 0 atom stereocenters. The molecule has 0 amide bonds. The van der Waals surface area contributed by atoms with Gasteiger partial charge in [-0.3, -0.25) is 4.98 Å². The number of rotatable bonds is 2. The zero-order valence-corrected chi connectivity index (χ0v) is 10.7. The van der Waals surface area contributed by atoms with Crippen molar-refractivity contribution < 1.29 is 0 Å². The molecule has 4 heteroatoms. The number of nitriles is 1. The van der Waals surface area contributed by atoms with Crippen molar-refractivity contribution in [1.82, 2.24) is 9.97 Å². The maximum atomic E-state index is 8.90. The fourth-order valence-electron chi connectivity index (χ4n) is 1.61. The van der Waals surface area contributed by atoms with Crippen molar-refractivity contribution in [3.05, 3.63) is 47.4 Å². The molecule has 0 unspecified atom stereocenters. The van der Waals surface area contributed by atoms with Crippen LogP contribution in [0.5, 0.6) is 0 Å². The number of benzene rings is 1. The molecular formula is C14H14N4. The lowest BCUT2D eigenvalue weighted by Crippen LogP contribution is -2.12. The lowest BCUT2D eigenvalue weighted by atomic mass is 10.2. The number of nitrogens with zero attached hydrogens (tertiary/aromatic N) is 4. The van der Waals surface area contributed by atoms with E-state index < -0.39 is 0 Å². The van der Waals surface area contributed by atoms with Gasteiger partial charge in [0.1, 0.15) is 0 Å². The van der Waals surface area contributed by atoms with Gasteiger partial charge in [-0.2, -0.15) is 5.26 Å². The predicted molar refractivity (Wildman–Crippen MR) is 70.7 cm³/mol. The molecule has 1 heterocycles. The van der Waals surface area contributed by atoms with E-state index in [1.807, 2.05) is 44.0 Å². The molecule has 0 aliphatic carbocycles. The van der Waals surface area contributed by atoms with Gasteiger partial charge in [0, 0.05) is 12.7 Å². The van der Waals surface area contributed by atoms with Gasteiger partial charge in [0.25, 0.3) is 0 Å². The Kier molecular flexibility index (Phi) is 3.24. The highest BCUT2D eigenvalue weighted by Crippen LogP contribution is 2.22. The highest BCUT2D eigenvalue weighted by molar-refractivity contribution is 5.60. The van der Waals surface area contributed by atoms with Crippen LogP contribution in [0.1, 0.15) is 17.0 Å². The van der Waals surface area contributed by atoms with Crippen LogP contribution < -0.4 is 4.90 Å². The third-order valence-electron chi connectivity index (χ3n) is 2.89. The molecule has 4 nitrogen and oxygen atoms in total. The van der Waals surface area contributed by atoms with E-state index in [-0.39, 0.29) is 0 Å². The molecule has 0 fully saturated rings. The first-order chi connectivity index (χ1) is 8.61. The van der Waals surface area contributed by atoms with Gasteiger partial charge in [0.15, 0.2) is 5.82 Å². The molecule has 18 heavy (non-hydrogen) atoms. The minimum atomic E-state index is 0.635. The van der Waals surface area contributed by atoms with Gasteiger partial charge in [-0.15, -0.1) is 0 Å². The van der Waals surface area contributed by atoms with Crippen LogP contribution in [-0.4, -0.2) is 17.0 Å². The summed E-state index contributed by atoms with van der Waals surface area (Å²) in [5.41, 5.74) is 3.40. The minimum absolute atomic E-state index is 0.635. The smallest absolute Gasteiger partial charge is 0.151 e. The van der Waals surface area contributed by atoms with Gasteiger partial charge in [-0.25, -0.2) is 4.98 Å². The number of aryl methyl sites for hydroxylation is 2. The molecule has 0 aliphatic heterocycles.